The number of amides is 1. The summed E-state index contributed by atoms with van der Waals surface area (Å²) in [5, 5.41) is 2.34. The summed E-state index contributed by atoms with van der Waals surface area (Å²) in [6, 6.07) is 3.82. The first-order chi connectivity index (χ1) is 10.2. The van der Waals surface area contributed by atoms with Crippen LogP contribution in [0.15, 0.2) is 18.2 Å². The smallest absolute Gasteiger partial charge is 0.415 e. The van der Waals surface area contributed by atoms with Crippen molar-refractivity contribution in [2.45, 2.75) is 25.1 Å². The summed E-state index contributed by atoms with van der Waals surface area (Å²) in [7, 11) is 0. The predicted molar refractivity (Wildman–Crippen MR) is 74.3 cm³/mol. The first kappa shape index (κ1) is 15.0. The zero-order valence-electron chi connectivity index (χ0n) is 11.4. The molecular weight excluding hydrogens is 319 g/mol. The van der Waals surface area contributed by atoms with Crippen LogP contribution in [0.2, 0.25) is 5.02 Å². The number of fused-ring (bicyclic) bond motifs is 1. The molecule has 0 radical (unpaired) electrons. The lowest BCUT2D eigenvalue weighted by Crippen LogP contribution is -2.49. The van der Waals surface area contributed by atoms with E-state index in [1.807, 2.05) is 6.92 Å². The fourth-order valence-electron chi connectivity index (χ4n) is 2.34. The van der Waals surface area contributed by atoms with E-state index in [9.17, 15) is 18.0 Å². The lowest BCUT2D eigenvalue weighted by molar-refractivity contribution is -0.239. The van der Waals surface area contributed by atoms with Gasteiger partial charge < -0.3 is 4.74 Å². The minimum absolute atomic E-state index is 0.00359. The summed E-state index contributed by atoms with van der Waals surface area (Å²) in [6.07, 6.45) is -5.32. The van der Waals surface area contributed by atoms with Gasteiger partial charge in [-0.05, 0) is 36.5 Å². The van der Waals surface area contributed by atoms with Crippen LogP contribution >= 0.6 is 11.6 Å². The molecule has 1 saturated carbocycles. The van der Waals surface area contributed by atoms with Crippen LogP contribution in [0.1, 0.15) is 18.9 Å². The Kier molecular flexibility index (Phi) is 3.29. The van der Waals surface area contributed by atoms with Gasteiger partial charge in [-0.2, -0.15) is 13.2 Å². The van der Waals surface area contributed by atoms with Crippen LogP contribution in [0, 0.1) is 23.7 Å². The fraction of sp³-hybridized carbons (Fsp3) is 0.400. The van der Waals surface area contributed by atoms with Gasteiger partial charge in [0.1, 0.15) is 0 Å². The number of hydrogen-bond donors (Lipinski definition) is 1. The number of rotatable bonds is 0. The maximum absolute atomic E-state index is 13.7. The van der Waals surface area contributed by atoms with Crippen LogP contribution < -0.4 is 5.32 Å². The summed E-state index contributed by atoms with van der Waals surface area (Å²) < 4.78 is 45.7. The van der Waals surface area contributed by atoms with Crippen LogP contribution in [0.3, 0.4) is 0 Å². The van der Waals surface area contributed by atoms with Gasteiger partial charge in [-0.25, -0.2) is 4.79 Å². The number of halogens is 4. The fourth-order valence-corrected chi connectivity index (χ4v) is 2.51. The molecule has 1 heterocycles. The molecule has 2 unspecified atom stereocenters. The van der Waals surface area contributed by atoms with E-state index in [1.54, 1.807) is 0 Å². The maximum atomic E-state index is 13.7. The van der Waals surface area contributed by atoms with Gasteiger partial charge in [-0.1, -0.05) is 24.4 Å². The van der Waals surface area contributed by atoms with E-state index in [1.165, 1.54) is 12.1 Å². The van der Waals surface area contributed by atoms with E-state index in [4.69, 9.17) is 11.6 Å². The number of carbonyl (C=O) groups is 1. The highest BCUT2D eigenvalue weighted by molar-refractivity contribution is 6.30. The molecule has 3 atom stereocenters. The molecule has 1 amide bonds. The molecule has 22 heavy (non-hydrogen) atoms. The maximum Gasteiger partial charge on any atom is 0.445 e. The largest absolute Gasteiger partial charge is 0.445 e. The topological polar surface area (TPSA) is 38.3 Å². The highest BCUT2D eigenvalue weighted by Gasteiger charge is 2.62. The van der Waals surface area contributed by atoms with E-state index in [2.05, 4.69) is 21.9 Å². The van der Waals surface area contributed by atoms with Crippen molar-refractivity contribution < 1.29 is 22.7 Å². The second-order valence-corrected chi connectivity index (χ2v) is 5.91. The van der Waals surface area contributed by atoms with Crippen molar-refractivity contribution in [2.75, 3.05) is 5.32 Å². The standard InChI is InChI=1S/C15H11ClF3NO2/c1-8-6-9(8)4-5-14(15(17,18)19)11-7-10(16)2-3-12(11)20-13(21)22-14/h2-3,7-9H,6H2,1H3,(H,20,21)/t8?,9?,14-/m0/s1. The van der Waals surface area contributed by atoms with Gasteiger partial charge in [0.15, 0.2) is 0 Å². The molecule has 116 valence electrons. The Morgan fingerprint density at radius 2 is 2.14 bits per heavy atom. The van der Waals surface area contributed by atoms with Crippen LogP contribution in [0.4, 0.5) is 23.7 Å². The molecule has 1 aliphatic heterocycles. The zero-order chi connectivity index (χ0) is 16.1. The number of cyclic esters (lactones) is 1. The Labute approximate surface area is 129 Å². The Morgan fingerprint density at radius 1 is 1.45 bits per heavy atom. The minimum atomic E-state index is -4.88. The van der Waals surface area contributed by atoms with Crippen LogP contribution in [-0.4, -0.2) is 12.3 Å². The number of ether oxygens (including phenoxy) is 1. The van der Waals surface area contributed by atoms with E-state index >= 15 is 0 Å². The third-order valence-corrected chi connectivity index (χ3v) is 4.02. The molecule has 7 heteroatoms. The Morgan fingerprint density at radius 3 is 2.73 bits per heavy atom. The van der Waals surface area contributed by atoms with E-state index in [-0.39, 0.29) is 28.1 Å². The summed E-state index contributed by atoms with van der Waals surface area (Å²) >= 11 is 5.80. The molecule has 1 aromatic rings. The van der Waals surface area contributed by atoms with Gasteiger partial charge in [0.25, 0.3) is 5.60 Å². The average molecular weight is 330 g/mol. The number of benzene rings is 1. The molecule has 3 rings (SSSR count). The highest BCUT2D eigenvalue weighted by atomic mass is 35.5. The number of anilines is 1. The molecule has 3 nitrogen and oxygen atoms in total. The Hall–Kier alpha value is -1.87. The van der Waals surface area contributed by atoms with Gasteiger partial charge in [-0.3, -0.25) is 5.32 Å². The second kappa shape index (κ2) is 4.82. The molecule has 1 aliphatic carbocycles. The summed E-state index contributed by atoms with van der Waals surface area (Å²) in [4.78, 5) is 11.6. The molecule has 1 N–H and O–H groups in total. The van der Waals surface area contributed by atoms with Gasteiger partial charge in [-0.15, -0.1) is 0 Å². The third kappa shape index (κ3) is 2.40. The zero-order valence-corrected chi connectivity index (χ0v) is 12.2. The number of alkyl halides is 3. The molecule has 0 spiro atoms. The summed E-state index contributed by atoms with van der Waals surface area (Å²) in [5.74, 6) is 4.91. The van der Waals surface area contributed by atoms with Gasteiger partial charge in [0.2, 0.25) is 0 Å². The quantitative estimate of drug-likeness (QED) is 0.720. The summed E-state index contributed by atoms with van der Waals surface area (Å²) in [5.41, 5.74) is -3.29. The molecule has 0 aromatic heterocycles. The normalized spacial score (nSPS) is 29.6. The van der Waals surface area contributed by atoms with Gasteiger partial charge >= 0.3 is 12.3 Å². The Bertz CT molecular complexity index is 707. The van der Waals surface area contributed by atoms with Gasteiger partial charge in [0.05, 0.1) is 5.69 Å². The van der Waals surface area contributed by atoms with Crippen LogP contribution in [0.25, 0.3) is 0 Å². The van der Waals surface area contributed by atoms with Crippen molar-refractivity contribution in [3.8, 4) is 11.8 Å². The number of nitrogens with one attached hydrogen (secondary N) is 1. The van der Waals surface area contributed by atoms with E-state index in [0.29, 0.717) is 0 Å². The number of carbonyl (C=O) groups excluding carboxylic acids is 1. The summed E-state index contributed by atoms with van der Waals surface area (Å²) in [6.45, 7) is 1.90. The molecular formula is C15H11ClF3NO2. The van der Waals surface area contributed by atoms with Crippen molar-refractivity contribution in [1.82, 2.24) is 0 Å². The van der Waals surface area contributed by atoms with Crippen molar-refractivity contribution in [3.05, 3.63) is 28.8 Å². The van der Waals surface area contributed by atoms with Gasteiger partial charge in [0, 0.05) is 16.5 Å². The lowest BCUT2D eigenvalue weighted by Gasteiger charge is -2.35. The highest BCUT2D eigenvalue weighted by Crippen LogP contribution is 2.48. The van der Waals surface area contributed by atoms with Crippen molar-refractivity contribution >= 4 is 23.4 Å². The van der Waals surface area contributed by atoms with Crippen molar-refractivity contribution in [2.24, 2.45) is 11.8 Å². The first-order valence-electron chi connectivity index (χ1n) is 6.62. The Balaban J connectivity index is 2.18. The monoisotopic (exact) mass is 329 g/mol. The van der Waals surface area contributed by atoms with Crippen LogP contribution in [0.5, 0.6) is 0 Å². The van der Waals surface area contributed by atoms with Crippen molar-refractivity contribution in [1.29, 1.82) is 0 Å². The average Bonchev–Trinajstić information content (AvgIpc) is 3.11. The molecule has 2 aliphatic rings. The van der Waals surface area contributed by atoms with E-state index in [0.717, 1.165) is 12.5 Å². The lowest BCUT2D eigenvalue weighted by atomic mass is 9.90. The van der Waals surface area contributed by atoms with E-state index < -0.39 is 17.9 Å². The predicted octanol–water partition coefficient (Wildman–Crippen LogP) is 4.32. The molecule has 0 saturated heterocycles. The number of hydrogen-bond acceptors (Lipinski definition) is 2. The molecule has 0 bridgehead atoms. The minimum Gasteiger partial charge on any atom is -0.415 e. The van der Waals surface area contributed by atoms with Crippen LogP contribution in [-0.2, 0) is 10.3 Å². The first-order valence-corrected chi connectivity index (χ1v) is 7.00. The molecule has 1 fully saturated rings. The van der Waals surface area contributed by atoms with Crippen molar-refractivity contribution in [3.63, 3.8) is 0 Å². The second-order valence-electron chi connectivity index (χ2n) is 5.47. The third-order valence-electron chi connectivity index (χ3n) is 3.79. The molecule has 1 aromatic carbocycles. The SMILES string of the molecule is CC1CC1C#C[C@]1(C(F)(F)F)OC(=O)Nc2ccc(Cl)cc21.